The monoisotopic (exact) mass is 277 g/mol. The topological polar surface area (TPSA) is 94.5 Å². The number of aryl methyl sites for hydroxylation is 1. The molecule has 2 aromatic heterocycles. The number of rotatable bonds is 3. The van der Waals surface area contributed by atoms with Crippen LogP contribution in [0.4, 0.5) is 5.82 Å². The number of nitriles is 1. The van der Waals surface area contributed by atoms with Gasteiger partial charge in [-0.05, 0) is 24.6 Å². The van der Waals surface area contributed by atoms with E-state index in [1.54, 1.807) is 19.3 Å². The van der Waals surface area contributed by atoms with Gasteiger partial charge in [0.05, 0.1) is 0 Å². The van der Waals surface area contributed by atoms with Crippen molar-refractivity contribution in [3.05, 3.63) is 51.8 Å². The fraction of sp³-hybridized carbons (Fsp3) is 0.167. The Hall–Kier alpha value is -2.39. The molecule has 6 nitrogen and oxygen atoms in total. The molecule has 0 radical (unpaired) electrons. The van der Waals surface area contributed by atoms with Gasteiger partial charge in [0.2, 0.25) is 0 Å². The standard InChI is InChI=1S/C12H11N5O.ClH/c1-8-16-11(10(6-13)12(18)17-8)15-7-9-2-4-14-5-3-9;/h2-5H,7H2,1H3,(H2,15,16,17,18);1H. The van der Waals surface area contributed by atoms with Gasteiger partial charge < -0.3 is 10.3 Å². The zero-order valence-corrected chi connectivity index (χ0v) is 11.0. The Bertz CT molecular complexity index is 647. The molecule has 2 heterocycles. The molecule has 0 amide bonds. The minimum Gasteiger partial charge on any atom is -0.365 e. The lowest BCUT2D eigenvalue weighted by Crippen LogP contribution is -2.17. The van der Waals surface area contributed by atoms with Gasteiger partial charge in [0, 0.05) is 18.9 Å². The van der Waals surface area contributed by atoms with Crippen molar-refractivity contribution in [2.45, 2.75) is 13.5 Å². The van der Waals surface area contributed by atoms with Gasteiger partial charge >= 0.3 is 0 Å². The molecule has 0 aromatic carbocycles. The summed E-state index contributed by atoms with van der Waals surface area (Å²) in [5.41, 5.74) is 0.561. The predicted octanol–water partition coefficient (Wildman–Crippen LogP) is 1.38. The van der Waals surface area contributed by atoms with Crippen LogP contribution in [0.25, 0.3) is 0 Å². The predicted molar refractivity (Wildman–Crippen MR) is 73.1 cm³/mol. The molecule has 2 aromatic rings. The second-order valence-electron chi connectivity index (χ2n) is 3.70. The Labute approximate surface area is 115 Å². The summed E-state index contributed by atoms with van der Waals surface area (Å²) in [6.07, 6.45) is 3.36. The maximum atomic E-state index is 11.5. The second kappa shape index (κ2) is 6.52. The van der Waals surface area contributed by atoms with Crippen molar-refractivity contribution in [1.29, 1.82) is 5.26 Å². The smallest absolute Gasteiger partial charge is 0.271 e. The summed E-state index contributed by atoms with van der Waals surface area (Å²) in [6.45, 7) is 2.15. The van der Waals surface area contributed by atoms with Crippen molar-refractivity contribution >= 4 is 18.2 Å². The normalized spacial score (nSPS) is 9.26. The molecule has 0 unspecified atom stereocenters. The van der Waals surface area contributed by atoms with Crippen LogP contribution >= 0.6 is 12.4 Å². The number of halogens is 1. The van der Waals surface area contributed by atoms with Crippen molar-refractivity contribution in [2.24, 2.45) is 0 Å². The summed E-state index contributed by atoms with van der Waals surface area (Å²) in [6, 6.07) is 5.54. The van der Waals surface area contributed by atoms with Crippen molar-refractivity contribution in [3.63, 3.8) is 0 Å². The van der Waals surface area contributed by atoms with Gasteiger partial charge in [0.25, 0.3) is 5.56 Å². The molecule has 0 bridgehead atoms. The van der Waals surface area contributed by atoms with E-state index >= 15 is 0 Å². The number of hydrogen-bond acceptors (Lipinski definition) is 5. The first-order chi connectivity index (χ1) is 8.70. The van der Waals surface area contributed by atoms with Gasteiger partial charge in [0.1, 0.15) is 11.9 Å². The number of nitrogens with zero attached hydrogens (tertiary/aromatic N) is 3. The molecule has 0 spiro atoms. The number of H-pyrrole nitrogens is 1. The summed E-state index contributed by atoms with van der Waals surface area (Å²) >= 11 is 0. The number of anilines is 1. The van der Waals surface area contributed by atoms with Gasteiger partial charge in [-0.1, -0.05) is 0 Å². The lowest BCUT2D eigenvalue weighted by molar-refractivity contribution is 0.986. The highest BCUT2D eigenvalue weighted by Gasteiger charge is 2.09. The Morgan fingerprint density at radius 2 is 2.11 bits per heavy atom. The third kappa shape index (κ3) is 3.53. The lowest BCUT2D eigenvalue weighted by atomic mass is 10.2. The van der Waals surface area contributed by atoms with Crippen LogP contribution in [-0.2, 0) is 6.54 Å². The molecule has 0 aliphatic heterocycles. The largest absolute Gasteiger partial charge is 0.365 e. The van der Waals surface area contributed by atoms with Gasteiger partial charge in [-0.2, -0.15) is 5.26 Å². The van der Waals surface area contributed by atoms with E-state index in [2.05, 4.69) is 20.3 Å². The maximum Gasteiger partial charge on any atom is 0.271 e. The third-order valence-corrected chi connectivity index (χ3v) is 2.36. The van der Waals surface area contributed by atoms with E-state index in [4.69, 9.17) is 5.26 Å². The Kier molecular flexibility index (Phi) is 5.03. The van der Waals surface area contributed by atoms with Crippen molar-refractivity contribution < 1.29 is 0 Å². The average molecular weight is 278 g/mol. The number of aromatic nitrogens is 3. The average Bonchev–Trinajstić information content (AvgIpc) is 2.37. The fourth-order valence-corrected chi connectivity index (χ4v) is 1.50. The molecule has 0 fully saturated rings. The molecular formula is C12H12ClN5O. The first kappa shape index (κ1) is 14.7. The van der Waals surface area contributed by atoms with E-state index in [0.717, 1.165) is 5.56 Å². The van der Waals surface area contributed by atoms with Crippen molar-refractivity contribution in [3.8, 4) is 6.07 Å². The zero-order chi connectivity index (χ0) is 13.0. The van der Waals surface area contributed by atoms with E-state index in [0.29, 0.717) is 18.2 Å². The molecule has 98 valence electrons. The van der Waals surface area contributed by atoms with Gasteiger partial charge in [-0.15, -0.1) is 12.4 Å². The highest BCUT2D eigenvalue weighted by molar-refractivity contribution is 5.85. The summed E-state index contributed by atoms with van der Waals surface area (Å²) in [7, 11) is 0. The fourth-order valence-electron chi connectivity index (χ4n) is 1.50. The highest BCUT2D eigenvalue weighted by Crippen LogP contribution is 2.08. The molecule has 19 heavy (non-hydrogen) atoms. The molecule has 7 heteroatoms. The molecule has 2 N–H and O–H groups in total. The molecule has 0 saturated heterocycles. The Morgan fingerprint density at radius 1 is 1.42 bits per heavy atom. The molecule has 0 atom stereocenters. The van der Waals surface area contributed by atoms with E-state index in [-0.39, 0.29) is 18.0 Å². The quantitative estimate of drug-likeness (QED) is 0.884. The van der Waals surface area contributed by atoms with Crippen LogP contribution in [0.2, 0.25) is 0 Å². The lowest BCUT2D eigenvalue weighted by Gasteiger charge is -2.07. The molecular weight excluding hydrogens is 266 g/mol. The first-order valence-electron chi connectivity index (χ1n) is 5.34. The number of pyridine rings is 1. The van der Waals surface area contributed by atoms with Crippen LogP contribution in [0.15, 0.2) is 29.3 Å². The van der Waals surface area contributed by atoms with Gasteiger partial charge in [-0.25, -0.2) is 4.98 Å². The maximum absolute atomic E-state index is 11.5. The minimum absolute atomic E-state index is 0. The first-order valence-corrected chi connectivity index (χ1v) is 5.34. The van der Waals surface area contributed by atoms with Crippen LogP contribution in [0.5, 0.6) is 0 Å². The van der Waals surface area contributed by atoms with Gasteiger partial charge in [-0.3, -0.25) is 9.78 Å². The molecule has 0 saturated carbocycles. The van der Waals surface area contributed by atoms with Gasteiger partial charge in [0.15, 0.2) is 11.4 Å². The van der Waals surface area contributed by atoms with Crippen molar-refractivity contribution in [1.82, 2.24) is 15.0 Å². The van der Waals surface area contributed by atoms with Crippen LogP contribution in [-0.4, -0.2) is 15.0 Å². The van der Waals surface area contributed by atoms with Crippen LogP contribution in [0, 0.1) is 18.3 Å². The van der Waals surface area contributed by atoms with E-state index in [1.807, 2.05) is 18.2 Å². The van der Waals surface area contributed by atoms with E-state index in [1.165, 1.54) is 0 Å². The minimum atomic E-state index is -0.428. The van der Waals surface area contributed by atoms with E-state index in [9.17, 15) is 4.79 Å². The number of nitrogens with one attached hydrogen (secondary N) is 2. The zero-order valence-electron chi connectivity index (χ0n) is 10.2. The summed E-state index contributed by atoms with van der Waals surface area (Å²) in [4.78, 5) is 22.1. The number of aromatic amines is 1. The Balaban J connectivity index is 0.00000180. The SMILES string of the molecule is Cc1nc(NCc2ccncc2)c(C#N)c(=O)[nH]1.Cl. The Morgan fingerprint density at radius 3 is 2.74 bits per heavy atom. The molecule has 2 rings (SSSR count). The third-order valence-electron chi connectivity index (χ3n) is 2.36. The molecule has 0 aliphatic carbocycles. The van der Waals surface area contributed by atoms with Crippen LogP contribution < -0.4 is 10.9 Å². The summed E-state index contributed by atoms with van der Waals surface area (Å²) < 4.78 is 0. The summed E-state index contributed by atoms with van der Waals surface area (Å²) in [5.74, 6) is 0.770. The number of hydrogen-bond donors (Lipinski definition) is 2. The molecule has 0 aliphatic rings. The summed E-state index contributed by atoms with van der Waals surface area (Å²) in [5, 5.41) is 11.9. The second-order valence-corrected chi connectivity index (χ2v) is 3.70. The van der Waals surface area contributed by atoms with Crippen molar-refractivity contribution in [2.75, 3.05) is 5.32 Å². The van der Waals surface area contributed by atoms with E-state index < -0.39 is 5.56 Å². The van der Waals surface area contributed by atoms with Crippen LogP contribution in [0.1, 0.15) is 17.0 Å². The van der Waals surface area contributed by atoms with Crippen LogP contribution in [0.3, 0.4) is 0 Å². The highest BCUT2D eigenvalue weighted by atomic mass is 35.5.